The number of rotatable bonds is 30. The van der Waals surface area contributed by atoms with Crippen LogP contribution in [0.2, 0.25) is 0 Å². The maximum atomic E-state index is 14.7. The first-order chi connectivity index (χ1) is 68.6. The Balaban J connectivity index is 0.000000130. The van der Waals surface area contributed by atoms with Crippen LogP contribution in [0.4, 0.5) is 81.7 Å². The van der Waals surface area contributed by atoms with Crippen LogP contribution in [0.1, 0.15) is 152 Å². The number of hydrogen-bond acceptors (Lipinski definition) is 18. The number of anilines is 8. The molecular formula is C114H106F8N14O4S. The van der Waals surface area contributed by atoms with E-state index in [0.29, 0.717) is 118 Å². The second kappa shape index (κ2) is 45.5. The monoisotopic (exact) mass is 1920 g/mol. The van der Waals surface area contributed by atoms with Gasteiger partial charge in [-0.15, -0.1) is 0 Å². The molecule has 18 nitrogen and oxygen atoms in total. The molecule has 141 heavy (non-hydrogen) atoms. The predicted octanol–water partition coefficient (Wildman–Crippen LogP) is 24.7. The number of unbranched alkanes of at least 4 members (excludes halogenated alkanes) is 2. The summed E-state index contributed by atoms with van der Waals surface area (Å²) in [7, 11) is -1.53. The lowest BCUT2D eigenvalue weighted by molar-refractivity contribution is 0.297. The molecule has 0 unspecified atom stereocenters. The van der Waals surface area contributed by atoms with Gasteiger partial charge in [-0.3, -0.25) is 4.18 Å². The summed E-state index contributed by atoms with van der Waals surface area (Å²) in [6.07, 6.45) is 16.6. The highest BCUT2D eigenvalue weighted by Gasteiger charge is 2.35. The first kappa shape index (κ1) is 98.0. The van der Waals surface area contributed by atoms with Gasteiger partial charge in [-0.05, 0) is 271 Å². The zero-order valence-electron chi connectivity index (χ0n) is 78.4. The Morgan fingerprint density at radius 3 is 0.922 bits per heavy atom. The molecule has 0 saturated heterocycles. The third-order valence-electron chi connectivity index (χ3n) is 25.8. The molecule has 20 rings (SSSR count). The molecule has 0 saturated carbocycles. The number of aliphatic hydroxyl groups is 1. The molecule has 4 heterocycles. The second-order valence-electron chi connectivity index (χ2n) is 35.5. The van der Waals surface area contributed by atoms with E-state index in [2.05, 4.69) is 72.3 Å². The van der Waals surface area contributed by atoms with Crippen molar-refractivity contribution < 1.29 is 52.8 Å². The van der Waals surface area contributed by atoms with Crippen molar-refractivity contribution in [1.82, 2.24) is 50.1 Å². The van der Waals surface area contributed by atoms with Gasteiger partial charge in [0.1, 0.15) is 46.5 Å². The molecule has 0 spiro atoms. The van der Waals surface area contributed by atoms with E-state index >= 15 is 0 Å². The largest absolute Gasteiger partial charge is 0.396 e. The molecule has 6 N–H and O–H groups in total. The zero-order chi connectivity index (χ0) is 98.0. The summed E-state index contributed by atoms with van der Waals surface area (Å²) in [6, 6.07) is 78.5. The Morgan fingerprint density at radius 1 is 0.340 bits per heavy atom. The fraction of sp³-hybridized carbons (Fsp3) is 0.228. The lowest BCUT2D eigenvalue weighted by atomic mass is 9.78. The predicted molar refractivity (Wildman–Crippen MR) is 539 cm³/mol. The maximum Gasteiger partial charge on any atom is 0.264 e. The molecule has 4 aliphatic carbocycles. The van der Waals surface area contributed by atoms with Crippen molar-refractivity contribution in [3.05, 3.63) is 427 Å². The van der Waals surface area contributed by atoms with Crippen molar-refractivity contribution in [2.45, 2.75) is 115 Å². The number of fused-ring (bicyclic) bond motifs is 12. The van der Waals surface area contributed by atoms with Crippen molar-refractivity contribution in [3.8, 4) is 45.0 Å². The number of benzene rings is 12. The Kier molecular flexibility index (Phi) is 31.7. The van der Waals surface area contributed by atoms with Crippen LogP contribution in [0, 0.1) is 46.5 Å². The summed E-state index contributed by atoms with van der Waals surface area (Å²) < 4.78 is 143. The molecule has 16 aromatic rings. The number of aliphatic hydroxyl groups excluding tert-OH is 1. The van der Waals surface area contributed by atoms with E-state index < -0.39 is 15.9 Å². The number of aromatic nitrogens is 8. The number of nitrogens with one attached hydrogen (secondary N) is 5. The molecule has 4 aromatic heterocycles. The Labute approximate surface area is 815 Å². The number of nitrogens with zero attached hydrogens (tertiary/aromatic N) is 9. The Morgan fingerprint density at radius 2 is 0.624 bits per heavy atom. The highest BCUT2D eigenvalue weighted by molar-refractivity contribution is 7.86. The van der Waals surface area contributed by atoms with Gasteiger partial charge in [-0.25, -0.2) is 75.0 Å². The molecule has 0 fully saturated rings. The van der Waals surface area contributed by atoms with Gasteiger partial charge in [-0.2, -0.15) is 8.42 Å². The average molecular weight is 1920 g/mol. The zero-order valence-corrected chi connectivity index (χ0v) is 79.2. The molecule has 718 valence electrons. The fourth-order valence-electron chi connectivity index (χ4n) is 18.7. The van der Waals surface area contributed by atoms with E-state index in [1.807, 2.05) is 170 Å². The first-order valence-electron chi connectivity index (χ1n) is 47.4. The molecular weight excluding hydrogens is 1810 g/mol. The summed E-state index contributed by atoms with van der Waals surface area (Å²) in [5, 5.41) is 25.2. The maximum absolute atomic E-state index is 14.7. The van der Waals surface area contributed by atoms with Gasteiger partial charge in [0.25, 0.3) is 10.1 Å². The van der Waals surface area contributed by atoms with Gasteiger partial charge in [0, 0.05) is 113 Å². The molecule has 4 aliphatic rings. The van der Waals surface area contributed by atoms with Crippen molar-refractivity contribution in [2.24, 2.45) is 0 Å². The molecule has 12 aromatic carbocycles. The molecule has 0 radical (unpaired) electrons. The van der Waals surface area contributed by atoms with Gasteiger partial charge in [-0.1, -0.05) is 197 Å². The van der Waals surface area contributed by atoms with E-state index in [-0.39, 0.29) is 90.4 Å². The van der Waals surface area contributed by atoms with Crippen molar-refractivity contribution in [1.29, 1.82) is 0 Å². The highest BCUT2D eigenvalue weighted by Crippen LogP contribution is 2.48. The number of likely N-dealkylation sites (N-methyl/N-ethyl adjacent to an activating group) is 1. The smallest absolute Gasteiger partial charge is 0.264 e. The van der Waals surface area contributed by atoms with E-state index in [4.69, 9.17) is 29.2 Å². The van der Waals surface area contributed by atoms with Gasteiger partial charge in [0.05, 0.1) is 35.6 Å². The molecule has 0 bridgehead atoms. The molecule has 27 heteroatoms. The van der Waals surface area contributed by atoms with Crippen LogP contribution in [-0.4, -0.2) is 111 Å². The summed E-state index contributed by atoms with van der Waals surface area (Å²) in [4.78, 5) is 39.4. The minimum atomic E-state index is -3.60. The Bertz CT molecular complexity index is 7290. The first-order valence-corrected chi connectivity index (χ1v) is 49.3. The SMILES string of the molecule is CCCCN(C)CCc1cc(Nc2ncc3c(n2)-c2ccccc2[C@H](c2ccccc2F)C3)ccc1F.CCCCNCCc1cc(Nc2ncc3c(n2)-c2ccccc2[C@H](c2ccccc2F)C3)ccc1F.CS(=O)(=O)OCCc1cc(Nc2ncc3c(n2)-c2ccccc2[C@H](c2ccccc2F)C3)ccc1F.OCCc1cc(Nc2ncc3c(n2)-c2ccccc2[C@H](c2ccccc2F)C3)ccc1F. The summed E-state index contributed by atoms with van der Waals surface area (Å²) >= 11 is 0. The van der Waals surface area contributed by atoms with Crippen LogP contribution in [-0.2, 0) is 65.7 Å². The van der Waals surface area contributed by atoms with Crippen LogP contribution in [0.3, 0.4) is 0 Å². The minimum Gasteiger partial charge on any atom is -0.396 e. The van der Waals surface area contributed by atoms with E-state index in [1.165, 1.54) is 48.5 Å². The van der Waals surface area contributed by atoms with Gasteiger partial charge < -0.3 is 36.6 Å². The minimum absolute atomic E-state index is 0.0876. The van der Waals surface area contributed by atoms with E-state index in [0.717, 1.165) is 159 Å². The van der Waals surface area contributed by atoms with Crippen LogP contribution in [0.15, 0.2) is 292 Å². The molecule has 4 atom stereocenters. The lowest BCUT2D eigenvalue weighted by Gasteiger charge is -2.27. The van der Waals surface area contributed by atoms with Gasteiger partial charge in [0.15, 0.2) is 0 Å². The van der Waals surface area contributed by atoms with E-state index in [1.54, 1.807) is 73.1 Å². The summed E-state index contributed by atoms with van der Waals surface area (Å²) in [5.41, 5.74) is 22.4. The highest BCUT2D eigenvalue weighted by atomic mass is 32.2. The van der Waals surface area contributed by atoms with Crippen molar-refractivity contribution >= 4 is 56.7 Å². The quantitative estimate of drug-likeness (QED) is 0.0140. The summed E-state index contributed by atoms with van der Waals surface area (Å²) in [6.45, 7) is 7.52. The van der Waals surface area contributed by atoms with Gasteiger partial charge >= 0.3 is 0 Å². The van der Waals surface area contributed by atoms with Gasteiger partial charge in [0.2, 0.25) is 23.8 Å². The van der Waals surface area contributed by atoms with Crippen LogP contribution < -0.4 is 26.6 Å². The number of halogens is 8. The fourth-order valence-corrected chi connectivity index (χ4v) is 19.1. The molecule has 0 amide bonds. The second-order valence-corrected chi connectivity index (χ2v) is 37.1. The normalized spacial score (nSPS) is 14.5. The van der Waals surface area contributed by atoms with Crippen LogP contribution in [0.25, 0.3) is 45.0 Å². The van der Waals surface area contributed by atoms with Crippen LogP contribution >= 0.6 is 0 Å². The van der Waals surface area contributed by atoms with Crippen molar-refractivity contribution in [3.63, 3.8) is 0 Å². The lowest BCUT2D eigenvalue weighted by Crippen LogP contribution is -2.22. The molecule has 0 aliphatic heterocycles. The van der Waals surface area contributed by atoms with Crippen molar-refractivity contribution in [2.75, 3.05) is 74.0 Å². The third kappa shape index (κ3) is 23.8. The topological polar surface area (TPSA) is 230 Å². The average Bonchev–Trinajstić information content (AvgIpc) is 0.767. The van der Waals surface area contributed by atoms with Crippen LogP contribution in [0.5, 0.6) is 0 Å². The van der Waals surface area contributed by atoms with E-state index in [9.17, 15) is 43.5 Å². The Hall–Kier alpha value is -14.6. The third-order valence-corrected chi connectivity index (χ3v) is 26.4. The number of hydrogen-bond donors (Lipinski definition) is 6. The summed E-state index contributed by atoms with van der Waals surface area (Å²) in [5.74, 6) is -0.908. The standard InChI is InChI=1S/C31H32F2N4.C30H30F2N4.C27H23F2N3O3S.C26H21F2N3O/c1-3-4-16-37(2)17-15-21-18-23(13-14-28(21)32)35-31-34-20-22-19-27(25-10-7-8-12-29(25)33)24-9-5-6-11-26(24)30(22)36-31;1-2-3-15-33-16-14-20-17-22(12-13-27(20)31)35-30-34-19-21-18-26(24-9-6-7-11-28(24)32)23-8-4-5-10-25(23)29(21)36-30;1-36(33,34)35-13-12-17-14-19(10-11-24(17)28)31-27-30-16-18-15-23(21-7-4-5-9-25(21)29)20-6-2-3-8-22(20)26(18)32-27;27-23-10-9-18(13-16(23)11-12-32)30-26-29-15-17-14-22(20-6-3-4-8-24(20)28)19-5-1-2-7-21(19)25(17)31-26/h5-14,18,20,27H,3-4,15-17,19H2,1-2H3,(H,34,35,36);4-13,17,19,26,33H,2-3,14-16,18H2,1H3,(H,34,35,36);2-11,14,16,23H,12-13,15H2,1H3,(H,30,31,32);1-10,13,15,22,32H,11-12,14H2,(H,29,30,31)/t27-;26-;23-;22-/m1111/s1.